The van der Waals surface area contributed by atoms with Gasteiger partial charge in [0.15, 0.2) is 12.4 Å². The molecule has 0 radical (unpaired) electrons. The molecule has 0 unspecified atom stereocenters. The Morgan fingerprint density at radius 2 is 2.14 bits per heavy atom. The summed E-state index contributed by atoms with van der Waals surface area (Å²) in [6.45, 7) is 4.02. The van der Waals surface area contributed by atoms with Gasteiger partial charge in [-0.15, -0.1) is 0 Å². The van der Waals surface area contributed by atoms with Crippen molar-refractivity contribution in [2.75, 3.05) is 11.9 Å². The van der Waals surface area contributed by atoms with Crippen LogP contribution in [0.1, 0.15) is 25.5 Å². The molecule has 7 heteroatoms. The van der Waals surface area contributed by atoms with Gasteiger partial charge in [0.2, 0.25) is 0 Å². The number of nitrogens with zero attached hydrogens (tertiary/aromatic N) is 1. The second-order valence-corrected chi connectivity index (χ2v) is 6.54. The number of aromatic amines is 1. The summed E-state index contributed by atoms with van der Waals surface area (Å²) in [6.07, 6.45) is 0. The van der Waals surface area contributed by atoms with Gasteiger partial charge in [0.1, 0.15) is 5.75 Å². The first kappa shape index (κ1) is 16.0. The lowest BCUT2D eigenvalue weighted by Gasteiger charge is -2.08. The molecule has 0 atom stereocenters. The van der Waals surface area contributed by atoms with Gasteiger partial charge in [-0.3, -0.25) is 9.89 Å². The topological polar surface area (TPSA) is 67.0 Å². The first-order valence-electron chi connectivity index (χ1n) is 6.38. The Hall–Kier alpha value is -1.34. The number of carbonyl (C=O) groups is 1. The number of nitrogens with one attached hydrogen (secondary N) is 2. The third-order valence-corrected chi connectivity index (χ3v) is 3.85. The summed E-state index contributed by atoms with van der Waals surface area (Å²) in [6, 6.07) is 7.31. The molecule has 21 heavy (non-hydrogen) atoms. The summed E-state index contributed by atoms with van der Waals surface area (Å²) in [5, 5.41) is 9.60. The van der Waals surface area contributed by atoms with E-state index in [4.69, 9.17) is 4.74 Å². The number of rotatable bonds is 5. The van der Waals surface area contributed by atoms with Crippen molar-refractivity contribution in [3.63, 3.8) is 0 Å². The smallest absolute Gasteiger partial charge is 0.263 e. The van der Waals surface area contributed by atoms with Crippen LogP contribution < -0.4 is 10.1 Å². The van der Waals surface area contributed by atoms with E-state index in [2.05, 4.69) is 47.4 Å². The van der Waals surface area contributed by atoms with E-state index in [-0.39, 0.29) is 12.5 Å². The van der Waals surface area contributed by atoms with Crippen molar-refractivity contribution in [2.45, 2.75) is 19.8 Å². The second-order valence-electron chi connectivity index (χ2n) is 4.77. The minimum atomic E-state index is -0.258. The van der Waals surface area contributed by atoms with E-state index in [1.54, 1.807) is 6.07 Å². The van der Waals surface area contributed by atoms with Crippen molar-refractivity contribution in [3.8, 4) is 5.75 Å². The number of halogens is 2. The molecule has 1 heterocycles. The summed E-state index contributed by atoms with van der Waals surface area (Å²) in [7, 11) is 0. The van der Waals surface area contributed by atoms with E-state index in [0.29, 0.717) is 17.5 Å². The minimum Gasteiger partial charge on any atom is -0.483 e. The maximum atomic E-state index is 11.8. The highest BCUT2D eigenvalue weighted by atomic mass is 79.9. The molecule has 0 saturated heterocycles. The van der Waals surface area contributed by atoms with Gasteiger partial charge in [0.25, 0.3) is 5.91 Å². The fourth-order valence-corrected chi connectivity index (χ4v) is 2.77. The highest BCUT2D eigenvalue weighted by Gasteiger charge is 2.10. The molecule has 2 N–H and O–H groups in total. The largest absolute Gasteiger partial charge is 0.483 e. The van der Waals surface area contributed by atoms with Crippen LogP contribution in [0, 0.1) is 0 Å². The number of aromatic nitrogens is 2. The molecule has 1 aromatic carbocycles. The highest BCUT2D eigenvalue weighted by molar-refractivity contribution is 9.11. The van der Waals surface area contributed by atoms with E-state index in [9.17, 15) is 4.79 Å². The van der Waals surface area contributed by atoms with Crippen LogP contribution in [-0.2, 0) is 4.79 Å². The molecule has 5 nitrogen and oxygen atoms in total. The van der Waals surface area contributed by atoms with Gasteiger partial charge >= 0.3 is 0 Å². The van der Waals surface area contributed by atoms with Gasteiger partial charge < -0.3 is 10.1 Å². The summed E-state index contributed by atoms with van der Waals surface area (Å²) >= 11 is 6.74. The summed E-state index contributed by atoms with van der Waals surface area (Å²) in [5.41, 5.74) is 0.974. The average molecular weight is 417 g/mol. The van der Waals surface area contributed by atoms with Crippen LogP contribution in [0.4, 0.5) is 5.82 Å². The number of H-pyrrole nitrogens is 1. The number of hydrogen-bond donors (Lipinski definition) is 2. The molecular weight excluding hydrogens is 402 g/mol. The number of anilines is 1. The summed E-state index contributed by atoms with van der Waals surface area (Å²) in [5.74, 6) is 1.19. The van der Waals surface area contributed by atoms with E-state index in [0.717, 1.165) is 14.6 Å². The zero-order valence-corrected chi connectivity index (χ0v) is 14.8. The van der Waals surface area contributed by atoms with E-state index in [1.165, 1.54) is 0 Å². The van der Waals surface area contributed by atoms with Crippen molar-refractivity contribution < 1.29 is 9.53 Å². The van der Waals surface area contributed by atoms with Gasteiger partial charge in [-0.1, -0.05) is 29.8 Å². The Bertz CT molecular complexity index is 641. The van der Waals surface area contributed by atoms with Crippen LogP contribution in [-0.4, -0.2) is 22.7 Å². The van der Waals surface area contributed by atoms with Crippen molar-refractivity contribution in [2.24, 2.45) is 0 Å². The molecule has 2 rings (SSSR count). The molecule has 1 aromatic heterocycles. The fraction of sp³-hybridized carbons (Fsp3) is 0.286. The van der Waals surface area contributed by atoms with Crippen molar-refractivity contribution in [1.82, 2.24) is 10.2 Å². The zero-order valence-electron chi connectivity index (χ0n) is 11.6. The lowest BCUT2D eigenvalue weighted by Crippen LogP contribution is -2.20. The Morgan fingerprint density at radius 1 is 1.38 bits per heavy atom. The minimum absolute atomic E-state index is 0.0793. The Morgan fingerprint density at radius 3 is 2.76 bits per heavy atom. The maximum absolute atomic E-state index is 11.8. The first-order valence-corrected chi connectivity index (χ1v) is 7.97. The van der Waals surface area contributed by atoms with Crippen molar-refractivity contribution in [1.29, 1.82) is 0 Å². The molecule has 0 bridgehead atoms. The fourth-order valence-electron chi connectivity index (χ4n) is 1.61. The average Bonchev–Trinajstić information content (AvgIpc) is 2.86. The number of carbonyl (C=O) groups excluding carboxylic acids is 1. The van der Waals surface area contributed by atoms with Crippen LogP contribution in [0.3, 0.4) is 0 Å². The normalized spacial score (nSPS) is 10.7. The second kappa shape index (κ2) is 7.09. The molecule has 0 saturated carbocycles. The molecule has 1 amide bonds. The Balaban J connectivity index is 1.89. The monoisotopic (exact) mass is 415 g/mol. The lowest BCUT2D eigenvalue weighted by atomic mass is 10.1. The van der Waals surface area contributed by atoms with Crippen molar-refractivity contribution in [3.05, 3.63) is 38.9 Å². The third kappa shape index (κ3) is 4.57. The molecular formula is C14H15Br2N3O2. The van der Waals surface area contributed by atoms with Crippen LogP contribution in [0.15, 0.2) is 33.2 Å². The van der Waals surface area contributed by atoms with E-state index in [1.807, 2.05) is 32.0 Å². The van der Waals surface area contributed by atoms with Gasteiger partial charge in [0.05, 0.1) is 4.47 Å². The number of amides is 1. The predicted molar refractivity (Wildman–Crippen MR) is 88.6 cm³/mol. The van der Waals surface area contributed by atoms with Gasteiger partial charge in [-0.2, -0.15) is 5.10 Å². The van der Waals surface area contributed by atoms with Gasteiger partial charge in [0, 0.05) is 16.2 Å². The zero-order chi connectivity index (χ0) is 15.4. The molecule has 112 valence electrons. The molecule has 2 aromatic rings. The Kier molecular flexibility index (Phi) is 5.41. The molecule has 0 aliphatic heterocycles. The van der Waals surface area contributed by atoms with Gasteiger partial charge in [-0.05, 0) is 40.0 Å². The number of benzene rings is 1. The molecule has 0 fully saturated rings. The molecule has 0 aliphatic carbocycles. The van der Waals surface area contributed by atoms with Gasteiger partial charge in [-0.25, -0.2) is 0 Å². The van der Waals surface area contributed by atoms with E-state index >= 15 is 0 Å². The number of hydrogen-bond acceptors (Lipinski definition) is 3. The van der Waals surface area contributed by atoms with Crippen LogP contribution in [0.25, 0.3) is 0 Å². The maximum Gasteiger partial charge on any atom is 0.263 e. The highest BCUT2D eigenvalue weighted by Crippen LogP contribution is 2.28. The van der Waals surface area contributed by atoms with Crippen molar-refractivity contribution >= 4 is 43.6 Å². The first-order chi connectivity index (χ1) is 9.95. The van der Waals surface area contributed by atoms with Crippen LogP contribution >= 0.6 is 31.9 Å². The SMILES string of the molecule is CC(C)c1cc(NC(=O)COc2ccc(Br)cc2Br)n[nH]1. The Labute approximate surface area is 139 Å². The standard InChI is InChI=1S/C14H15Br2N3O2/c1-8(2)11-6-13(19-18-11)17-14(20)7-21-12-4-3-9(15)5-10(12)16/h3-6,8H,7H2,1-2H3,(H2,17,18,19,20). The predicted octanol–water partition coefficient (Wildman–Crippen LogP) is 4.08. The van der Waals surface area contributed by atoms with E-state index < -0.39 is 0 Å². The lowest BCUT2D eigenvalue weighted by molar-refractivity contribution is -0.118. The van der Waals surface area contributed by atoms with Crippen LogP contribution in [0.2, 0.25) is 0 Å². The molecule has 0 aliphatic rings. The summed E-state index contributed by atoms with van der Waals surface area (Å²) < 4.78 is 7.18. The number of ether oxygens (including phenoxy) is 1. The summed E-state index contributed by atoms with van der Waals surface area (Å²) in [4.78, 5) is 11.8. The quantitative estimate of drug-likeness (QED) is 0.771. The third-order valence-electron chi connectivity index (χ3n) is 2.74. The molecule has 0 spiro atoms. The van der Waals surface area contributed by atoms with Crippen LogP contribution in [0.5, 0.6) is 5.75 Å².